The molecule has 0 aromatic carbocycles. The fraction of sp³-hybridized carbons (Fsp3) is 0.833. The van der Waals surface area contributed by atoms with Gasteiger partial charge in [0.25, 0.3) is 0 Å². The van der Waals surface area contributed by atoms with Crippen LogP contribution in [-0.4, -0.2) is 59.2 Å². The molecular formula is C12H24N4O3. The van der Waals surface area contributed by atoms with Crippen molar-refractivity contribution in [2.45, 2.75) is 39.1 Å². The quantitative estimate of drug-likeness (QED) is 0.574. The smallest absolute Gasteiger partial charge is 0.0969 e. The largest absolute Gasteiger partial charge is 0.389 e. The Morgan fingerprint density at radius 1 is 1.42 bits per heavy atom. The number of methoxy groups -OCH3 is 1. The highest BCUT2D eigenvalue weighted by Gasteiger charge is 2.08. The number of aromatic nitrogens is 3. The zero-order valence-electron chi connectivity index (χ0n) is 11.9. The molecule has 1 aromatic heterocycles. The number of hydrogen-bond donors (Lipinski definition) is 2. The van der Waals surface area contributed by atoms with Crippen molar-refractivity contribution in [2.24, 2.45) is 0 Å². The van der Waals surface area contributed by atoms with Crippen molar-refractivity contribution in [2.75, 3.05) is 26.9 Å². The molecule has 1 unspecified atom stereocenters. The molecule has 7 heteroatoms. The van der Waals surface area contributed by atoms with E-state index in [0.717, 1.165) is 5.69 Å². The molecule has 1 rings (SSSR count). The zero-order chi connectivity index (χ0) is 14.1. The van der Waals surface area contributed by atoms with Crippen molar-refractivity contribution in [3.8, 4) is 0 Å². The first-order valence-corrected chi connectivity index (χ1v) is 6.49. The average molecular weight is 272 g/mol. The standard InChI is InChI=1S/C12H24N4O3/c1-10(2)13-6-11-7-16(15-14-11)8-12(17)9-19-5-4-18-3/h7,10,12-13,17H,4-6,8-9H2,1-3H3. The molecule has 0 bridgehead atoms. The lowest BCUT2D eigenvalue weighted by Gasteiger charge is -2.10. The second-order valence-electron chi connectivity index (χ2n) is 4.69. The third-order valence-corrected chi connectivity index (χ3v) is 2.42. The van der Waals surface area contributed by atoms with Gasteiger partial charge in [0.1, 0.15) is 0 Å². The van der Waals surface area contributed by atoms with Crippen LogP contribution in [0.15, 0.2) is 6.20 Å². The highest BCUT2D eigenvalue weighted by atomic mass is 16.5. The Kier molecular flexibility index (Phi) is 7.57. The Hall–Kier alpha value is -1.02. The van der Waals surface area contributed by atoms with Gasteiger partial charge < -0.3 is 19.9 Å². The number of nitrogens with one attached hydrogen (secondary N) is 1. The molecule has 0 radical (unpaired) electrons. The van der Waals surface area contributed by atoms with E-state index in [-0.39, 0.29) is 6.61 Å². The molecule has 0 spiro atoms. The molecule has 1 atom stereocenters. The van der Waals surface area contributed by atoms with Crippen molar-refractivity contribution in [1.29, 1.82) is 0 Å². The summed E-state index contributed by atoms with van der Waals surface area (Å²) in [6.45, 7) is 6.48. The van der Waals surface area contributed by atoms with E-state index >= 15 is 0 Å². The molecule has 0 aliphatic carbocycles. The molecule has 0 amide bonds. The van der Waals surface area contributed by atoms with Gasteiger partial charge in [0.05, 0.1) is 38.2 Å². The first-order chi connectivity index (χ1) is 9.11. The summed E-state index contributed by atoms with van der Waals surface area (Å²) in [5.74, 6) is 0. The number of rotatable bonds is 10. The van der Waals surface area contributed by atoms with Crippen LogP contribution in [0.25, 0.3) is 0 Å². The first-order valence-electron chi connectivity index (χ1n) is 6.49. The second kappa shape index (κ2) is 8.98. The molecule has 7 nitrogen and oxygen atoms in total. The lowest BCUT2D eigenvalue weighted by atomic mass is 10.3. The van der Waals surface area contributed by atoms with Crippen molar-refractivity contribution >= 4 is 0 Å². The lowest BCUT2D eigenvalue weighted by molar-refractivity contribution is 0.00579. The molecule has 19 heavy (non-hydrogen) atoms. The Morgan fingerprint density at radius 2 is 2.21 bits per heavy atom. The van der Waals surface area contributed by atoms with Crippen molar-refractivity contribution in [3.63, 3.8) is 0 Å². The Morgan fingerprint density at radius 3 is 2.89 bits per heavy atom. The van der Waals surface area contributed by atoms with E-state index in [2.05, 4.69) is 29.5 Å². The summed E-state index contributed by atoms with van der Waals surface area (Å²) < 4.78 is 11.7. The van der Waals surface area contributed by atoms with Gasteiger partial charge in [-0.25, -0.2) is 4.68 Å². The number of ether oxygens (including phenoxy) is 2. The molecule has 0 fully saturated rings. The third kappa shape index (κ3) is 7.22. The second-order valence-corrected chi connectivity index (χ2v) is 4.69. The topological polar surface area (TPSA) is 81.4 Å². The van der Waals surface area contributed by atoms with Crippen LogP contribution in [0.2, 0.25) is 0 Å². The fourth-order valence-electron chi connectivity index (χ4n) is 1.45. The normalized spacial score (nSPS) is 13.1. The molecular weight excluding hydrogens is 248 g/mol. The summed E-state index contributed by atoms with van der Waals surface area (Å²) in [5.41, 5.74) is 0.862. The van der Waals surface area contributed by atoms with E-state index in [1.54, 1.807) is 11.8 Å². The molecule has 1 heterocycles. The Labute approximate surface area is 113 Å². The molecule has 0 saturated heterocycles. The van der Waals surface area contributed by atoms with Gasteiger partial charge in [-0.15, -0.1) is 5.10 Å². The molecule has 110 valence electrons. The summed E-state index contributed by atoms with van der Waals surface area (Å²) in [4.78, 5) is 0. The summed E-state index contributed by atoms with van der Waals surface area (Å²) >= 11 is 0. The van der Waals surface area contributed by atoms with E-state index < -0.39 is 6.10 Å². The van der Waals surface area contributed by atoms with Crippen LogP contribution in [0.1, 0.15) is 19.5 Å². The van der Waals surface area contributed by atoms with Crippen LogP contribution in [0.5, 0.6) is 0 Å². The third-order valence-electron chi connectivity index (χ3n) is 2.42. The average Bonchev–Trinajstić information content (AvgIpc) is 2.80. The minimum atomic E-state index is -0.593. The van der Waals surface area contributed by atoms with Gasteiger partial charge in [-0.2, -0.15) is 0 Å². The lowest BCUT2D eigenvalue weighted by Crippen LogP contribution is -2.23. The number of aliphatic hydroxyl groups excluding tert-OH is 1. The highest BCUT2D eigenvalue weighted by Crippen LogP contribution is 1.97. The maximum Gasteiger partial charge on any atom is 0.0969 e. The predicted octanol–water partition coefficient (Wildman–Crippen LogP) is -0.200. The van der Waals surface area contributed by atoms with E-state index in [1.807, 2.05) is 6.20 Å². The first kappa shape index (κ1) is 16.0. The minimum Gasteiger partial charge on any atom is -0.389 e. The van der Waals surface area contributed by atoms with Crippen molar-refractivity contribution in [1.82, 2.24) is 20.3 Å². The fourth-order valence-corrected chi connectivity index (χ4v) is 1.45. The highest BCUT2D eigenvalue weighted by molar-refractivity contribution is 4.92. The summed E-state index contributed by atoms with van der Waals surface area (Å²) in [7, 11) is 1.61. The Balaban J connectivity index is 2.24. The molecule has 0 aliphatic heterocycles. The molecule has 1 aromatic rings. The summed E-state index contributed by atoms with van der Waals surface area (Å²) in [6, 6.07) is 0.407. The van der Waals surface area contributed by atoms with E-state index in [1.165, 1.54) is 0 Å². The minimum absolute atomic E-state index is 0.267. The van der Waals surface area contributed by atoms with E-state index in [4.69, 9.17) is 9.47 Å². The predicted molar refractivity (Wildman–Crippen MR) is 70.7 cm³/mol. The van der Waals surface area contributed by atoms with Gasteiger partial charge >= 0.3 is 0 Å². The van der Waals surface area contributed by atoms with Crippen molar-refractivity contribution < 1.29 is 14.6 Å². The summed E-state index contributed by atoms with van der Waals surface area (Å²) in [6.07, 6.45) is 1.23. The Bertz CT molecular complexity index is 343. The van der Waals surface area contributed by atoms with Gasteiger partial charge in [-0.1, -0.05) is 19.1 Å². The SMILES string of the molecule is COCCOCC(O)Cn1cc(CNC(C)C)nn1. The van der Waals surface area contributed by atoms with E-state index in [0.29, 0.717) is 32.3 Å². The maximum atomic E-state index is 9.76. The van der Waals surface area contributed by atoms with Crippen LogP contribution in [0.4, 0.5) is 0 Å². The summed E-state index contributed by atoms with van der Waals surface area (Å²) in [5, 5.41) is 21.0. The number of aliphatic hydroxyl groups is 1. The van der Waals surface area contributed by atoms with Crippen molar-refractivity contribution in [3.05, 3.63) is 11.9 Å². The van der Waals surface area contributed by atoms with Crippen LogP contribution < -0.4 is 5.32 Å². The van der Waals surface area contributed by atoms with E-state index in [9.17, 15) is 5.11 Å². The van der Waals surface area contributed by atoms with Gasteiger partial charge in [-0.3, -0.25) is 0 Å². The van der Waals surface area contributed by atoms with Crippen LogP contribution >= 0.6 is 0 Å². The van der Waals surface area contributed by atoms with Gasteiger partial charge in [0, 0.05) is 25.9 Å². The maximum absolute atomic E-state index is 9.76. The molecule has 0 saturated carbocycles. The number of nitrogens with zero attached hydrogens (tertiary/aromatic N) is 3. The molecule has 2 N–H and O–H groups in total. The molecule has 0 aliphatic rings. The van der Waals surface area contributed by atoms with Gasteiger partial charge in [-0.05, 0) is 0 Å². The van der Waals surface area contributed by atoms with Gasteiger partial charge in [0.15, 0.2) is 0 Å². The zero-order valence-corrected chi connectivity index (χ0v) is 11.9. The number of hydrogen-bond acceptors (Lipinski definition) is 6. The van der Waals surface area contributed by atoms with Crippen LogP contribution in [0, 0.1) is 0 Å². The van der Waals surface area contributed by atoms with Gasteiger partial charge in [0.2, 0.25) is 0 Å². The van der Waals surface area contributed by atoms with Crippen LogP contribution in [-0.2, 0) is 22.6 Å². The monoisotopic (exact) mass is 272 g/mol. The van der Waals surface area contributed by atoms with Crippen LogP contribution in [0.3, 0.4) is 0 Å².